The van der Waals surface area contributed by atoms with Crippen molar-refractivity contribution in [1.82, 2.24) is 0 Å². The van der Waals surface area contributed by atoms with Crippen molar-refractivity contribution in [2.24, 2.45) is 22.7 Å². The van der Waals surface area contributed by atoms with Gasteiger partial charge in [-0.3, -0.25) is 9.59 Å². The van der Waals surface area contributed by atoms with Crippen LogP contribution in [0.1, 0.15) is 52.9 Å². The third-order valence-electron chi connectivity index (χ3n) is 8.32. The number of carbonyl (C=O) groups is 2. The van der Waals surface area contributed by atoms with Crippen molar-refractivity contribution in [3.63, 3.8) is 0 Å². The zero-order valence-corrected chi connectivity index (χ0v) is 18.4. The van der Waals surface area contributed by atoms with E-state index in [2.05, 4.69) is 6.92 Å². The molecule has 1 unspecified atom stereocenters. The summed E-state index contributed by atoms with van der Waals surface area (Å²) in [7, 11) is 0. The highest BCUT2D eigenvalue weighted by Gasteiger charge is 2.65. The predicted octanol–water partition coefficient (Wildman–Crippen LogP) is 3.11. The molecule has 0 aromatic rings. The van der Waals surface area contributed by atoms with Crippen LogP contribution in [0.2, 0.25) is 0 Å². The third kappa shape index (κ3) is 2.52. The number of fused-ring (bicyclic) bond motifs is 5. The van der Waals surface area contributed by atoms with E-state index in [0.717, 1.165) is 41.1 Å². The van der Waals surface area contributed by atoms with E-state index in [1.165, 1.54) is 0 Å². The van der Waals surface area contributed by atoms with E-state index in [0.29, 0.717) is 24.8 Å². The van der Waals surface area contributed by atoms with Gasteiger partial charge < -0.3 is 19.7 Å². The van der Waals surface area contributed by atoms with Gasteiger partial charge in [-0.2, -0.15) is 0 Å². The average molecular weight is 427 g/mol. The molecule has 2 N–H and O–H groups in total. The van der Waals surface area contributed by atoms with Crippen LogP contribution in [0.5, 0.6) is 0 Å². The van der Waals surface area contributed by atoms with Crippen LogP contribution in [-0.4, -0.2) is 41.3 Å². The van der Waals surface area contributed by atoms with E-state index in [9.17, 15) is 19.8 Å². The number of aliphatic hydroxyl groups is 2. The Hall–Kier alpha value is -2.18. The van der Waals surface area contributed by atoms with Crippen molar-refractivity contribution in [3.8, 4) is 0 Å². The number of hydrogen-bond donors (Lipinski definition) is 2. The van der Waals surface area contributed by atoms with Gasteiger partial charge in [-0.15, -0.1) is 0 Å². The highest BCUT2D eigenvalue weighted by Crippen LogP contribution is 2.66. The maximum absolute atomic E-state index is 13.6. The highest BCUT2D eigenvalue weighted by atomic mass is 16.7. The first-order valence-corrected chi connectivity index (χ1v) is 11.3. The first-order chi connectivity index (χ1) is 14.8. The van der Waals surface area contributed by atoms with Crippen molar-refractivity contribution < 1.29 is 29.3 Å². The molecule has 1 aliphatic heterocycles. The summed E-state index contributed by atoms with van der Waals surface area (Å²) < 4.78 is 11.5. The molecule has 0 radical (unpaired) electrons. The summed E-state index contributed by atoms with van der Waals surface area (Å²) in [5, 5.41) is 20.9. The van der Waals surface area contributed by atoms with Gasteiger partial charge in [0.2, 0.25) is 6.79 Å². The molecule has 0 saturated heterocycles. The monoisotopic (exact) mass is 426 g/mol. The second kappa shape index (κ2) is 6.91. The Balaban J connectivity index is 1.78. The number of ketones is 2. The molecule has 4 aliphatic carbocycles. The smallest absolute Gasteiger partial charge is 0.230 e. The van der Waals surface area contributed by atoms with Crippen LogP contribution in [0.3, 0.4) is 0 Å². The first-order valence-electron chi connectivity index (χ1n) is 11.3. The SMILES string of the molecule is CCCC1=C[C@@]2(C(=O)CO)C(=CC(=O)C3C[C@H](C)[C@@H](O)C[C@@]32C)C2=C1C1=C(C2)OCO1. The summed E-state index contributed by atoms with van der Waals surface area (Å²) in [5.74, 6) is 0.768. The number of hydrogen-bond acceptors (Lipinski definition) is 6. The zero-order chi connectivity index (χ0) is 22.1. The Morgan fingerprint density at radius 2 is 2.10 bits per heavy atom. The molecule has 0 amide bonds. The molecule has 0 bridgehead atoms. The topological polar surface area (TPSA) is 93.1 Å². The highest BCUT2D eigenvalue weighted by molar-refractivity contribution is 6.04. The lowest BCUT2D eigenvalue weighted by Crippen LogP contribution is -2.60. The van der Waals surface area contributed by atoms with Gasteiger partial charge in [0.1, 0.15) is 12.4 Å². The van der Waals surface area contributed by atoms with E-state index in [4.69, 9.17) is 9.47 Å². The van der Waals surface area contributed by atoms with Crippen molar-refractivity contribution in [2.45, 2.75) is 59.0 Å². The molecule has 5 rings (SSSR count). The van der Waals surface area contributed by atoms with Crippen LogP contribution in [0.25, 0.3) is 0 Å². The number of aliphatic hydroxyl groups excluding tert-OH is 2. The Bertz CT molecular complexity index is 997. The molecule has 0 spiro atoms. The van der Waals surface area contributed by atoms with Crippen molar-refractivity contribution in [1.29, 1.82) is 0 Å². The Morgan fingerprint density at radius 1 is 1.32 bits per heavy atom. The lowest BCUT2D eigenvalue weighted by Gasteiger charge is -2.58. The molecular formula is C25H30O6. The molecule has 1 fully saturated rings. The molecule has 1 saturated carbocycles. The summed E-state index contributed by atoms with van der Waals surface area (Å²) in [5.41, 5.74) is 1.56. The number of allylic oxidation sites excluding steroid dienone is 5. The van der Waals surface area contributed by atoms with E-state index in [1.807, 2.05) is 19.9 Å². The van der Waals surface area contributed by atoms with Gasteiger partial charge in [-0.05, 0) is 48.0 Å². The van der Waals surface area contributed by atoms with Gasteiger partial charge in [-0.25, -0.2) is 0 Å². The molecule has 0 aromatic carbocycles. The number of ether oxygens (including phenoxy) is 2. The van der Waals surface area contributed by atoms with Crippen molar-refractivity contribution >= 4 is 11.6 Å². The Kier molecular flexibility index (Phi) is 4.61. The zero-order valence-electron chi connectivity index (χ0n) is 18.4. The van der Waals surface area contributed by atoms with Crippen molar-refractivity contribution in [3.05, 3.63) is 46.0 Å². The van der Waals surface area contributed by atoms with Gasteiger partial charge in [-0.1, -0.05) is 33.3 Å². The lowest BCUT2D eigenvalue weighted by atomic mass is 9.43. The molecular weight excluding hydrogens is 396 g/mol. The van der Waals surface area contributed by atoms with Crippen LogP contribution < -0.4 is 0 Å². The third-order valence-corrected chi connectivity index (χ3v) is 8.32. The van der Waals surface area contributed by atoms with Gasteiger partial charge in [0.15, 0.2) is 17.3 Å². The van der Waals surface area contributed by atoms with Gasteiger partial charge >= 0.3 is 0 Å². The molecule has 5 atom stereocenters. The number of carbonyl (C=O) groups excluding carboxylic acids is 2. The van der Waals surface area contributed by atoms with Crippen LogP contribution >= 0.6 is 0 Å². The first kappa shape index (κ1) is 20.7. The second-order valence-electron chi connectivity index (χ2n) is 9.91. The minimum absolute atomic E-state index is 0.00528. The minimum atomic E-state index is -1.15. The summed E-state index contributed by atoms with van der Waals surface area (Å²) >= 11 is 0. The predicted molar refractivity (Wildman–Crippen MR) is 112 cm³/mol. The minimum Gasteiger partial charge on any atom is -0.458 e. The van der Waals surface area contributed by atoms with Crippen LogP contribution in [0.15, 0.2) is 46.0 Å². The van der Waals surface area contributed by atoms with E-state index >= 15 is 0 Å². The number of Topliss-reactive ketones (excluding diaryl/α,β-unsaturated/α-hetero) is 1. The van der Waals surface area contributed by atoms with Crippen LogP contribution in [0.4, 0.5) is 0 Å². The Labute approximate surface area is 182 Å². The standard InChI is InChI=1S/C25H30O6/c1-4-5-14-9-25(21(29)11-26)16(15-7-20-23(22(14)15)31-12-30-20)8-18(27)17-6-13(2)19(28)10-24(17,25)3/h8-9,13,17,19,26,28H,4-7,10-12H2,1-3H3/t13-,17?,19-,24-,25-/m0/s1. The fourth-order valence-electron chi connectivity index (χ4n) is 6.74. The molecule has 0 aromatic heterocycles. The Morgan fingerprint density at radius 3 is 2.81 bits per heavy atom. The summed E-state index contributed by atoms with van der Waals surface area (Å²) in [4.78, 5) is 27.0. The molecule has 31 heavy (non-hydrogen) atoms. The van der Waals surface area contributed by atoms with Crippen LogP contribution in [0, 0.1) is 22.7 Å². The fourth-order valence-corrected chi connectivity index (χ4v) is 6.74. The largest absolute Gasteiger partial charge is 0.458 e. The van der Waals surface area contributed by atoms with E-state index < -0.39 is 23.5 Å². The van der Waals surface area contributed by atoms with Crippen LogP contribution in [-0.2, 0) is 19.1 Å². The molecule has 6 nitrogen and oxygen atoms in total. The summed E-state index contributed by atoms with van der Waals surface area (Å²) in [6.45, 7) is 5.57. The molecule has 6 heteroatoms. The summed E-state index contributed by atoms with van der Waals surface area (Å²) in [6, 6.07) is 0. The molecule has 5 aliphatic rings. The second-order valence-corrected chi connectivity index (χ2v) is 9.91. The van der Waals surface area contributed by atoms with Gasteiger partial charge in [0.25, 0.3) is 0 Å². The van der Waals surface area contributed by atoms with E-state index in [-0.39, 0.29) is 30.2 Å². The average Bonchev–Trinajstić information content (AvgIpc) is 3.32. The van der Waals surface area contributed by atoms with Gasteiger partial charge in [0, 0.05) is 23.3 Å². The normalized spacial score (nSPS) is 38.5. The molecule has 1 heterocycles. The molecule has 166 valence electrons. The number of rotatable bonds is 4. The quantitative estimate of drug-likeness (QED) is 0.718. The maximum atomic E-state index is 13.6. The van der Waals surface area contributed by atoms with E-state index in [1.54, 1.807) is 6.08 Å². The lowest BCUT2D eigenvalue weighted by molar-refractivity contribution is -0.150. The van der Waals surface area contributed by atoms with Crippen molar-refractivity contribution in [2.75, 3.05) is 13.4 Å². The maximum Gasteiger partial charge on any atom is 0.230 e. The summed E-state index contributed by atoms with van der Waals surface area (Å²) in [6.07, 6.45) is 6.02. The van der Waals surface area contributed by atoms with Gasteiger partial charge in [0.05, 0.1) is 11.5 Å². The fraction of sp³-hybridized carbons (Fsp3) is 0.600.